The van der Waals surface area contributed by atoms with Gasteiger partial charge >= 0.3 is 18.1 Å². The second-order valence-electron chi connectivity index (χ2n) is 9.73. The molecule has 0 bridgehead atoms. The Morgan fingerprint density at radius 3 is 2.52 bits per heavy atom. The molecular weight excluding hydrogens is 531 g/mol. The Labute approximate surface area is 227 Å². The molecule has 2 aromatic heterocycles. The number of carbonyl (C=O) groups is 2. The van der Waals surface area contributed by atoms with E-state index in [0.717, 1.165) is 47.1 Å². The van der Waals surface area contributed by atoms with Gasteiger partial charge in [0.1, 0.15) is 0 Å². The zero-order chi connectivity index (χ0) is 29.2. The van der Waals surface area contributed by atoms with Gasteiger partial charge in [0.2, 0.25) is 5.82 Å². The highest BCUT2D eigenvalue weighted by Gasteiger charge is 2.38. The minimum absolute atomic E-state index is 0.169. The zero-order valence-corrected chi connectivity index (χ0v) is 22.1. The van der Waals surface area contributed by atoms with Gasteiger partial charge in [0.25, 0.3) is 5.89 Å². The van der Waals surface area contributed by atoms with Crippen LogP contribution in [0.3, 0.4) is 0 Å². The van der Waals surface area contributed by atoms with Crippen molar-refractivity contribution in [3.63, 3.8) is 0 Å². The standard InChI is InChI=1S/C25H27N5O3.C2HF3O2/c1-15(2)30-22-7-5-17(12-19(22)13-26-30)25-27-24(28-33-25)21-6-4-18-14-29(11-9-23(31)32)10-8-20(18)16(21)3;3-2(4,5)1(6)7/h4-7,12-13,15H,8-11,14H2,1-3H3,(H,31,32);(H,6,7). The molecule has 0 amide bonds. The number of rotatable bonds is 6. The molecule has 0 spiro atoms. The van der Waals surface area contributed by atoms with Crippen molar-refractivity contribution < 1.29 is 37.5 Å². The Morgan fingerprint density at radius 1 is 1.15 bits per heavy atom. The van der Waals surface area contributed by atoms with E-state index in [4.69, 9.17) is 24.5 Å². The summed E-state index contributed by atoms with van der Waals surface area (Å²) in [5, 5.41) is 25.9. The van der Waals surface area contributed by atoms with E-state index >= 15 is 0 Å². The van der Waals surface area contributed by atoms with E-state index in [1.54, 1.807) is 0 Å². The van der Waals surface area contributed by atoms with Gasteiger partial charge in [0.15, 0.2) is 0 Å². The molecule has 3 heterocycles. The van der Waals surface area contributed by atoms with Crippen LogP contribution >= 0.6 is 0 Å². The molecule has 10 nitrogen and oxygen atoms in total. The van der Waals surface area contributed by atoms with E-state index in [2.05, 4.69) is 42.0 Å². The van der Waals surface area contributed by atoms with Gasteiger partial charge in [0, 0.05) is 42.2 Å². The Kier molecular flexibility index (Phi) is 8.24. The zero-order valence-electron chi connectivity index (χ0n) is 22.1. The molecule has 0 unspecified atom stereocenters. The third kappa shape index (κ3) is 6.30. The summed E-state index contributed by atoms with van der Waals surface area (Å²) in [6.07, 6.45) is -2.17. The maximum atomic E-state index is 10.9. The van der Waals surface area contributed by atoms with Gasteiger partial charge in [-0.2, -0.15) is 23.3 Å². The Bertz CT molecular complexity index is 1540. The third-order valence-corrected chi connectivity index (χ3v) is 6.65. The van der Waals surface area contributed by atoms with Gasteiger partial charge in [-0.25, -0.2) is 4.79 Å². The second kappa shape index (κ2) is 11.5. The average molecular weight is 560 g/mol. The summed E-state index contributed by atoms with van der Waals surface area (Å²) in [5.74, 6) is -2.45. The molecule has 0 saturated heterocycles. The summed E-state index contributed by atoms with van der Waals surface area (Å²) in [6, 6.07) is 10.5. The number of fused-ring (bicyclic) bond motifs is 2. The molecule has 1 aliphatic rings. The highest BCUT2D eigenvalue weighted by molar-refractivity contribution is 5.83. The van der Waals surface area contributed by atoms with E-state index < -0.39 is 18.1 Å². The molecule has 212 valence electrons. The molecule has 1 aliphatic heterocycles. The lowest BCUT2D eigenvalue weighted by atomic mass is 9.91. The number of hydrogen-bond donors (Lipinski definition) is 2. The lowest BCUT2D eigenvalue weighted by Gasteiger charge is -2.29. The van der Waals surface area contributed by atoms with Gasteiger partial charge in [0.05, 0.1) is 18.1 Å². The lowest BCUT2D eigenvalue weighted by molar-refractivity contribution is -0.192. The van der Waals surface area contributed by atoms with Crippen LogP contribution in [-0.2, 0) is 22.6 Å². The van der Waals surface area contributed by atoms with Crippen LogP contribution in [0.4, 0.5) is 13.2 Å². The van der Waals surface area contributed by atoms with Crippen molar-refractivity contribution in [2.24, 2.45) is 0 Å². The summed E-state index contributed by atoms with van der Waals surface area (Å²) in [5.41, 5.74) is 6.62. The monoisotopic (exact) mass is 559 g/mol. The summed E-state index contributed by atoms with van der Waals surface area (Å²) in [7, 11) is 0. The fourth-order valence-corrected chi connectivity index (χ4v) is 4.63. The molecule has 2 N–H and O–H groups in total. The normalized spacial score (nSPS) is 13.7. The first kappa shape index (κ1) is 28.7. The topological polar surface area (TPSA) is 135 Å². The van der Waals surface area contributed by atoms with E-state index in [9.17, 15) is 18.0 Å². The largest absolute Gasteiger partial charge is 0.490 e. The third-order valence-electron chi connectivity index (χ3n) is 6.65. The fraction of sp³-hybridized carbons (Fsp3) is 0.370. The van der Waals surface area contributed by atoms with Crippen LogP contribution in [0.5, 0.6) is 0 Å². The van der Waals surface area contributed by atoms with Gasteiger partial charge in [-0.3, -0.25) is 14.4 Å². The first-order valence-electron chi connectivity index (χ1n) is 12.5. The number of alkyl halides is 3. The van der Waals surface area contributed by atoms with E-state index in [-0.39, 0.29) is 6.42 Å². The summed E-state index contributed by atoms with van der Waals surface area (Å²) in [4.78, 5) is 26.7. The molecule has 40 heavy (non-hydrogen) atoms. The smallest absolute Gasteiger partial charge is 0.481 e. The number of hydrogen-bond acceptors (Lipinski definition) is 7. The average Bonchev–Trinajstić information content (AvgIpc) is 3.55. The number of benzene rings is 2. The SMILES string of the molecule is Cc1c(-c2noc(-c3ccc4c(cnn4C(C)C)c3)n2)ccc2c1CCN(CCC(=O)O)C2.O=C(O)C(F)(F)F. The number of aliphatic carboxylic acids is 2. The van der Waals surface area contributed by atoms with Crippen LogP contribution in [0.1, 0.15) is 43.0 Å². The fourth-order valence-electron chi connectivity index (χ4n) is 4.63. The second-order valence-corrected chi connectivity index (χ2v) is 9.73. The molecule has 0 aliphatic carbocycles. The van der Waals surface area contributed by atoms with E-state index in [1.165, 1.54) is 11.1 Å². The molecule has 0 atom stereocenters. The van der Waals surface area contributed by atoms with Gasteiger partial charge in [-0.1, -0.05) is 17.3 Å². The first-order valence-corrected chi connectivity index (χ1v) is 12.5. The molecular formula is C27H28F3N5O5. The quantitative estimate of drug-likeness (QED) is 0.330. The Balaban J connectivity index is 0.000000470. The van der Waals surface area contributed by atoms with Gasteiger partial charge in [-0.05, 0) is 62.1 Å². The maximum Gasteiger partial charge on any atom is 0.490 e. The van der Waals surface area contributed by atoms with Crippen LogP contribution < -0.4 is 0 Å². The highest BCUT2D eigenvalue weighted by atomic mass is 19.4. The van der Waals surface area contributed by atoms with Gasteiger partial charge < -0.3 is 14.7 Å². The van der Waals surface area contributed by atoms with Crippen molar-refractivity contribution in [3.8, 4) is 22.8 Å². The van der Waals surface area contributed by atoms with Crippen molar-refractivity contribution in [1.29, 1.82) is 0 Å². The highest BCUT2D eigenvalue weighted by Crippen LogP contribution is 2.32. The Morgan fingerprint density at radius 2 is 1.88 bits per heavy atom. The van der Waals surface area contributed by atoms with E-state index in [0.29, 0.717) is 24.3 Å². The molecule has 0 fully saturated rings. The maximum absolute atomic E-state index is 10.9. The van der Waals surface area contributed by atoms with Crippen molar-refractivity contribution in [3.05, 3.63) is 53.2 Å². The molecule has 0 radical (unpaired) electrons. The van der Waals surface area contributed by atoms with Crippen LogP contribution in [0.15, 0.2) is 41.1 Å². The number of halogens is 3. The molecule has 4 aromatic rings. The summed E-state index contributed by atoms with van der Waals surface area (Å²) in [6.45, 7) is 8.52. The number of carboxylic acid groups (broad SMARTS) is 2. The number of aromatic nitrogens is 4. The summed E-state index contributed by atoms with van der Waals surface area (Å²) < 4.78 is 39.4. The predicted octanol–water partition coefficient (Wildman–Crippen LogP) is 5.11. The van der Waals surface area contributed by atoms with Crippen molar-refractivity contribution in [2.45, 2.75) is 52.4 Å². The van der Waals surface area contributed by atoms with Crippen molar-refractivity contribution in [2.75, 3.05) is 13.1 Å². The number of nitrogens with zero attached hydrogens (tertiary/aromatic N) is 5. The van der Waals surface area contributed by atoms with Crippen LogP contribution in [0.2, 0.25) is 0 Å². The number of carboxylic acids is 2. The lowest BCUT2D eigenvalue weighted by Crippen LogP contribution is -2.32. The Hall–Kier alpha value is -4.26. The van der Waals surface area contributed by atoms with Gasteiger partial charge in [-0.15, -0.1) is 0 Å². The van der Waals surface area contributed by atoms with Crippen LogP contribution in [-0.4, -0.2) is 66.2 Å². The molecule has 13 heteroatoms. The minimum atomic E-state index is -5.08. The van der Waals surface area contributed by atoms with Crippen molar-refractivity contribution >= 4 is 22.8 Å². The summed E-state index contributed by atoms with van der Waals surface area (Å²) >= 11 is 0. The predicted molar refractivity (Wildman–Crippen MR) is 139 cm³/mol. The molecule has 2 aromatic carbocycles. The minimum Gasteiger partial charge on any atom is -0.481 e. The van der Waals surface area contributed by atoms with Crippen LogP contribution in [0.25, 0.3) is 33.7 Å². The molecule has 0 saturated carbocycles. The molecule has 5 rings (SSSR count). The van der Waals surface area contributed by atoms with Crippen molar-refractivity contribution in [1.82, 2.24) is 24.8 Å². The first-order chi connectivity index (χ1) is 18.8. The van der Waals surface area contributed by atoms with E-state index in [1.807, 2.05) is 35.1 Å². The van der Waals surface area contributed by atoms with Crippen LogP contribution in [0, 0.1) is 6.92 Å².